The lowest BCUT2D eigenvalue weighted by molar-refractivity contribution is 0.338. The summed E-state index contributed by atoms with van der Waals surface area (Å²) in [5, 5.41) is 0. The van der Waals surface area contributed by atoms with Crippen LogP contribution in [0, 0.1) is 5.82 Å². The quantitative estimate of drug-likeness (QED) is 0.898. The minimum absolute atomic E-state index is 0.389. The Labute approximate surface area is 105 Å². The van der Waals surface area contributed by atoms with Gasteiger partial charge >= 0.3 is 0 Å². The van der Waals surface area contributed by atoms with Gasteiger partial charge in [0.1, 0.15) is 11.6 Å². The molecule has 1 atom stereocenters. The lowest BCUT2D eigenvalue weighted by Gasteiger charge is -2.13. The lowest BCUT2D eigenvalue weighted by Crippen LogP contribution is -2.14. The summed E-state index contributed by atoms with van der Waals surface area (Å²) in [5.41, 5.74) is 7.11. The zero-order chi connectivity index (χ0) is 13.0. The van der Waals surface area contributed by atoms with E-state index in [1.807, 2.05) is 6.92 Å². The maximum Gasteiger partial charge on any atom is 0.146 e. The van der Waals surface area contributed by atoms with E-state index < -0.39 is 11.9 Å². The molecule has 0 radical (unpaired) electrons. The highest BCUT2D eigenvalue weighted by Crippen LogP contribution is 2.23. The number of hydrogen-bond acceptors (Lipinski definition) is 4. The van der Waals surface area contributed by atoms with E-state index in [1.165, 1.54) is 6.20 Å². The Morgan fingerprint density at radius 1 is 1.33 bits per heavy atom. The number of ether oxygens (including phenoxy) is 1. The summed E-state index contributed by atoms with van der Waals surface area (Å²) in [4.78, 5) is 7.73. The molecule has 0 spiro atoms. The van der Waals surface area contributed by atoms with Crippen LogP contribution >= 0.6 is 0 Å². The molecule has 0 aliphatic heterocycles. The minimum Gasteiger partial charge on any atom is -0.492 e. The molecule has 2 aromatic heterocycles. The highest BCUT2D eigenvalue weighted by molar-refractivity contribution is 5.33. The van der Waals surface area contributed by atoms with E-state index in [0.717, 1.165) is 6.20 Å². The average Bonchev–Trinajstić information content (AvgIpc) is 2.39. The zero-order valence-electron chi connectivity index (χ0n) is 10.0. The van der Waals surface area contributed by atoms with Gasteiger partial charge in [-0.2, -0.15) is 0 Å². The average molecular weight is 247 g/mol. The molecule has 0 saturated heterocycles. The molecule has 94 valence electrons. The molecule has 1 unspecified atom stereocenters. The van der Waals surface area contributed by atoms with Gasteiger partial charge in [0.05, 0.1) is 25.0 Å². The third kappa shape index (κ3) is 2.62. The molecule has 0 bridgehead atoms. The van der Waals surface area contributed by atoms with Crippen molar-refractivity contribution in [2.45, 2.75) is 13.0 Å². The van der Waals surface area contributed by atoms with Crippen molar-refractivity contribution in [2.75, 3.05) is 6.61 Å². The molecule has 0 fully saturated rings. The normalized spacial score (nSPS) is 12.2. The summed E-state index contributed by atoms with van der Waals surface area (Å²) < 4.78 is 18.9. The second-order valence-electron chi connectivity index (χ2n) is 3.76. The number of halogens is 1. The Morgan fingerprint density at radius 3 is 2.89 bits per heavy atom. The first kappa shape index (κ1) is 12.4. The van der Waals surface area contributed by atoms with Gasteiger partial charge in [-0.15, -0.1) is 0 Å². The van der Waals surface area contributed by atoms with Crippen LogP contribution < -0.4 is 10.5 Å². The smallest absolute Gasteiger partial charge is 0.146 e. The predicted octanol–water partition coefficient (Wildman–Crippen LogP) is 2.06. The zero-order valence-corrected chi connectivity index (χ0v) is 10.0. The van der Waals surface area contributed by atoms with E-state index in [-0.39, 0.29) is 0 Å². The summed E-state index contributed by atoms with van der Waals surface area (Å²) in [6, 6.07) is 2.75. The fraction of sp³-hybridized carbons (Fsp3) is 0.231. The fourth-order valence-corrected chi connectivity index (χ4v) is 1.67. The van der Waals surface area contributed by atoms with Gasteiger partial charge in [0.15, 0.2) is 0 Å². The Hall–Kier alpha value is -2.01. The van der Waals surface area contributed by atoms with Crippen LogP contribution in [0.15, 0.2) is 36.9 Å². The van der Waals surface area contributed by atoms with Crippen LogP contribution in [0.25, 0.3) is 0 Å². The lowest BCUT2D eigenvalue weighted by atomic mass is 10.0. The number of rotatable bonds is 4. The Kier molecular flexibility index (Phi) is 3.84. The molecule has 0 amide bonds. The molecule has 0 saturated carbocycles. The molecule has 0 aliphatic rings. The first-order chi connectivity index (χ1) is 8.72. The number of pyridine rings is 2. The molecule has 2 aromatic rings. The molecule has 0 aliphatic carbocycles. The number of nitrogens with two attached hydrogens (primary N) is 1. The van der Waals surface area contributed by atoms with E-state index in [2.05, 4.69) is 9.97 Å². The van der Waals surface area contributed by atoms with Crippen molar-refractivity contribution in [1.82, 2.24) is 9.97 Å². The molecule has 4 nitrogen and oxygen atoms in total. The standard InChI is InChI=1S/C13H14FN3O/c1-2-18-10-5-9(6-17-7-10)13(15)11-3-4-16-8-12(11)14/h3-8,13H,2,15H2,1H3. The van der Waals surface area contributed by atoms with Gasteiger partial charge in [-0.1, -0.05) is 0 Å². The van der Waals surface area contributed by atoms with Crippen molar-refractivity contribution in [3.05, 3.63) is 53.9 Å². The van der Waals surface area contributed by atoms with Crippen molar-refractivity contribution >= 4 is 0 Å². The topological polar surface area (TPSA) is 61.0 Å². The van der Waals surface area contributed by atoms with E-state index >= 15 is 0 Å². The second kappa shape index (κ2) is 5.55. The molecule has 0 aromatic carbocycles. The molecule has 2 rings (SSSR count). The van der Waals surface area contributed by atoms with Gasteiger partial charge in [0.25, 0.3) is 0 Å². The molecule has 2 N–H and O–H groups in total. The molecular formula is C13H14FN3O. The number of hydrogen-bond donors (Lipinski definition) is 1. The summed E-state index contributed by atoms with van der Waals surface area (Å²) in [5.74, 6) is 0.201. The van der Waals surface area contributed by atoms with Gasteiger partial charge in [0.2, 0.25) is 0 Å². The van der Waals surface area contributed by atoms with Crippen molar-refractivity contribution in [3.8, 4) is 5.75 Å². The maximum absolute atomic E-state index is 13.6. The van der Waals surface area contributed by atoms with E-state index in [9.17, 15) is 4.39 Å². The van der Waals surface area contributed by atoms with Gasteiger partial charge in [-0.25, -0.2) is 4.39 Å². The van der Waals surface area contributed by atoms with Crippen LogP contribution in [0.5, 0.6) is 5.75 Å². The maximum atomic E-state index is 13.6. The first-order valence-corrected chi connectivity index (χ1v) is 5.65. The second-order valence-corrected chi connectivity index (χ2v) is 3.76. The van der Waals surface area contributed by atoms with Crippen LogP contribution in [0.2, 0.25) is 0 Å². The van der Waals surface area contributed by atoms with Crippen molar-refractivity contribution < 1.29 is 9.13 Å². The SMILES string of the molecule is CCOc1cncc(C(N)c2ccncc2F)c1. The molecule has 2 heterocycles. The van der Waals surface area contributed by atoms with Crippen molar-refractivity contribution in [2.24, 2.45) is 5.73 Å². The van der Waals surface area contributed by atoms with Crippen LogP contribution in [0.3, 0.4) is 0 Å². The largest absolute Gasteiger partial charge is 0.492 e. The number of nitrogens with zero attached hydrogens (tertiary/aromatic N) is 2. The van der Waals surface area contributed by atoms with Crippen LogP contribution in [0.4, 0.5) is 4.39 Å². The van der Waals surface area contributed by atoms with Crippen molar-refractivity contribution in [3.63, 3.8) is 0 Å². The first-order valence-electron chi connectivity index (χ1n) is 5.65. The molecule has 5 heteroatoms. The monoisotopic (exact) mass is 247 g/mol. The fourth-order valence-electron chi connectivity index (χ4n) is 1.67. The van der Waals surface area contributed by atoms with Crippen LogP contribution in [0.1, 0.15) is 24.1 Å². The molecular weight excluding hydrogens is 233 g/mol. The highest BCUT2D eigenvalue weighted by atomic mass is 19.1. The van der Waals surface area contributed by atoms with E-state index in [4.69, 9.17) is 10.5 Å². The van der Waals surface area contributed by atoms with Gasteiger partial charge < -0.3 is 10.5 Å². The van der Waals surface area contributed by atoms with Crippen LogP contribution in [-0.2, 0) is 0 Å². The number of aromatic nitrogens is 2. The summed E-state index contributed by atoms with van der Waals surface area (Å²) in [6.07, 6.45) is 5.86. The summed E-state index contributed by atoms with van der Waals surface area (Å²) in [7, 11) is 0. The van der Waals surface area contributed by atoms with Gasteiger partial charge in [0, 0.05) is 18.0 Å². The third-order valence-corrected chi connectivity index (χ3v) is 2.54. The van der Waals surface area contributed by atoms with E-state index in [0.29, 0.717) is 23.5 Å². The van der Waals surface area contributed by atoms with Gasteiger partial charge in [-0.3, -0.25) is 9.97 Å². The minimum atomic E-state index is -0.582. The Balaban J connectivity index is 2.31. The van der Waals surface area contributed by atoms with Crippen LogP contribution in [-0.4, -0.2) is 16.6 Å². The third-order valence-electron chi connectivity index (χ3n) is 2.54. The Bertz CT molecular complexity index is 533. The van der Waals surface area contributed by atoms with Crippen molar-refractivity contribution in [1.29, 1.82) is 0 Å². The van der Waals surface area contributed by atoms with Gasteiger partial charge in [-0.05, 0) is 24.6 Å². The molecule has 18 heavy (non-hydrogen) atoms. The summed E-state index contributed by atoms with van der Waals surface area (Å²) >= 11 is 0. The predicted molar refractivity (Wildman–Crippen MR) is 65.6 cm³/mol. The highest BCUT2D eigenvalue weighted by Gasteiger charge is 2.14. The Morgan fingerprint density at radius 2 is 2.17 bits per heavy atom. The summed E-state index contributed by atoms with van der Waals surface area (Å²) in [6.45, 7) is 2.43. The van der Waals surface area contributed by atoms with E-state index in [1.54, 1.807) is 24.5 Å².